The molecular formula is C22H34FIN6O2. The molecule has 1 atom stereocenters. The first-order valence-corrected chi connectivity index (χ1v) is 10.7. The largest absolute Gasteiger partial charge is 0.387 e. The quantitative estimate of drug-likeness (QED) is 0.261. The number of nitrogens with zero attached hydrogens (tertiary/aromatic N) is 4. The van der Waals surface area contributed by atoms with Crippen LogP contribution in [0.5, 0.6) is 0 Å². The van der Waals surface area contributed by atoms with E-state index in [-0.39, 0.29) is 29.8 Å². The summed E-state index contributed by atoms with van der Waals surface area (Å²) in [5.41, 5.74) is 0.312. The summed E-state index contributed by atoms with van der Waals surface area (Å²) in [5, 5.41) is 17.1. The molecule has 0 aliphatic carbocycles. The van der Waals surface area contributed by atoms with Crippen LogP contribution in [-0.2, 0) is 11.3 Å². The molecule has 1 aromatic heterocycles. The standard InChI is InChI=1S/C22H33FN6O2.HI/c1-4-24-21(27-15-22(3,30)16-28-9-11-31-12-10-28)26-14-18-5-6-20(19(23)13-18)29-8-7-25-17(29)2;/h5-8,13,30H,4,9-12,14-16H2,1-3H3,(H2,24,26,27);1H. The second kappa shape index (κ2) is 12.5. The molecule has 0 amide bonds. The molecule has 1 saturated heterocycles. The Morgan fingerprint density at radius 2 is 2.06 bits per heavy atom. The summed E-state index contributed by atoms with van der Waals surface area (Å²) in [5.74, 6) is 0.993. The Bertz CT molecular complexity index is 883. The molecule has 1 aliphatic heterocycles. The average Bonchev–Trinajstić information content (AvgIpc) is 3.16. The smallest absolute Gasteiger partial charge is 0.191 e. The molecule has 1 fully saturated rings. The predicted octanol–water partition coefficient (Wildman–Crippen LogP) is 2.08. The third-order valence-electron chi connectivity index (χ3n) is 5.17. The number of hydrogen-bond acceptors (Lipinski definition) is 5. The molecule has 8 nitrogen and oxygen atoms in total. The third-order valence-corrected chi connectivity index (χ3v) is 5.17. The Hall–Kier alpha value is -1.76. The zero-order chi connectivity index (χ0) is 22.3. The summed E-state index contributed by atoms with van der Waals surface area (Å²) in [6.07, 6.45) is 3.39. The van der Waals surface area contributed by atoms with Crippen LogP contribution in [0, 0.1) is 12.7 Å². The summed E-state index contributed by atoms with van der Waals surface area (Å²) < 4.78 is 21.7. The molecular weight excluding hydrogens is 526 g/mol. The molecule has 2 aromatic rings. The van der Waals surface area contributed by atoms with Gasteiger partial charge in [0.1, 0.15) is 11.6 Å². The van der Waals surface area contributed by atoms with Gasteiger partial charge in [0.15, 0.2) is 5.96 Å². The topological polar surface area (TPSA) is 86.9 Å². The minimum absolute atomic E-state index is 0. The first kappa shape index (κ1) is 26.5. The van der Waals surface area contributed by atoms with E-state index in [1.54, 1.807) is 23.0 Å². The fraction of sp³-hybridized carbons (Fsp3) is 0.545. The minimum atomic E-state index is -0.913. The molecule has 3 rings (SSSR count). The van der Waals surface area contributed by atoms with Crippen molar-refractivity contribution >= 4 is 29.9 Å². The molecule has 2 heterocycles. The van der Waals surface area contributed by atoms with Crippen molar-refractivity contribution in [2.24, 2.45) is 4.99 Å². The lowest BCUT2D eigenvalue weighted by Crippen LogP contribution is -2.52. The molecule has 3 N–H and O–H groups in total. The first-order valence-electron chi connectivity index (χ1n) is 10.7. The normalized spacial score (nSPS) is 16.8. The highest BCUT2D eigenvalue weighted by Crippen LogP contribution is 2.17. The number of nitrogens with one attached hydrogen (secondary N) is 2. The van der Waals surface area contributed by atoms with Crippen molar-refractivity contribution in [3.63, 3.8) is 0 Å². The predicted molar refractivity (Wildman–Crippen MR) is 134 cm³/mol. The van der Waals surface area contributed by atoms with Gasteiger partial charge < -0.3 is 25.0 Å². The Kier molecular flexibility index (Phi) is 10.3. The van der Waals surface area contributed by atoms with Gasteiger partial charge in [-0.05, 0) is 38.5 Å². The van der Waals surface area contributed by atoms with Gasteiger partial charge in [0.05, 0.1) is 31.0 Å². The Morgan fingerprint density at radius 3 is 2.69 bits per heavy atom. The summed E-state index contributed by atoms with van der Waals surface area (Å²) >= 11 is 0. The third kappa shape index (κ3) is 7.68. The number of ether oxygens (including phenoxy) is 1. The van der Waals surface area contributed by atoms with Gasteiger partial charge in [0.25, 0.3) is 0 Å². The van der Waals surface area contributed by atoms with Crippen molar-refractivity contribution in [2.75, 3.05) is 45.9 Å². The number of benzene rings is 1. The molecule has 0 saturated carbocycles. The van der Waals surface area contributed by atoms with E-state index in [1.807, 2.05) is 26.8 Å². The fourth-order valence-electron chi connectivity index (χ4n) is 3.56. The number of imidazole rings is 1. The van der Waals surface area contributed by atoms with E-state index in [2.05, 4.69) is 25.5 Å². The van der Waals surface area contributed by atoms with Crippen LogP contribution in [0.3, 0.4) is 0 Å². The molecule has 178 valence electrons. The van der Waals surface area contributed by atoms with Crippen LogP contribution in [0.1, 0.15) is 25.2 Å². The minimum Gasteiger partial charge on any atom is -0.387 e. The summed E-state index contributed by atoms with van der Waals surface area (Å²) in [7, 11) is 0. The average molecular weight is 560 g/mol. The molecule has 0 bridgehead atoms. The van der Waals surface area contributed by atoms with Gasteiger partial charge in [-0.2, -0.15) is 0 Å². The van der Waals surface area contributed by atoms with E-state index in [0.29, 0.717) is 51.0 Å². The van der Waals surface area contributed by atoms with Crippen molar-refractivity contribution in [1.29, 1.82) is 0 Å². The van der Waals surface area contributed by atoms with E-state index >= 15 is 0 Å². The number of hydrogen-bond donors (Lipinski definition) is 3. The number of aromatic nitrogens is 2. The lowest BCUT2D eigenvalue weighted by molar-refractivity contribution is -0.0201. The van der Waals surface area contributed by atoms with E-state index in [9.17, 15) is 9.50 Å². The maximum absolute atomic E-state index is 14.6. The number of aliphatic hydroxyl groups is 1. The van der Waals surface area contributed by atoms with Crippen molar-refractivity contribution < 1.29 is 14.2 Å². The van der Waals surface area contributed by atoms with Crippen molar-refractivity contribution in [2.45, 2.75) is 32.9 Å². The number of morpholine rings is 1. The van der Waals surface area contributed by atoms with Gasteiger partial charge in [-0.25, -0.2) is 14.4 Å². The van der Waals surface area contributed by atoms with E-state index in [4.69, 9.17) is 4.74 Å². The van der Waals surface area contributed by atoms with Gasteiger partial charge in [0.2, 0.25) is 0 Å². The highest BCUT2D eigenvalue weighted by atomic mass is 127. The zero-order valence-corrected chi connectivity index (χ0v) is 21.3. The number of rotatable bonds is 8. The number of aryl methyl sites for hydroxylation is 1. The summed E-state index contributed by atoms with van der Waals surface area (Å²) in [6, 6.07) is 5.10. The summed E-state index contributed by atoms with van der Waals surface area (Å²) in [6.45, 7) is 10.6. The molecule has 1 aromatic carbocycles. The second-order valence-corrected chi connectivity index (χ2v) is 8.06. The molecule has 0 spiro atoms. The van der Waals surface area contributed by atoms with Gasteiger partial charge >= 0.3 is 0 Å². The Balaban J connectivity index is 0.00000363. The molecule has 10 heteroatoms. The van der Waals surface area contributed by atoms with Crippen LogP contribution in [0.15, 0.2) is 35.6 Å². The molecule has 1 aliphatic rings. The highest BCUT2D eigenvalue weighted by Gasteiger charge is 2.25. The van der Waals surface area contributed by atoms with Gasteiger partial charge in [-0.1, -0.05) is 6.07 Å². The van der Waals surface area contributed by atoms with Crippen LogP contribution in [0.2, 0.25) is 0 Å². The first-order chi connectivity index (χ1) is 14.9. The van der Waals surface area contributed by atoms with Crippen LogP contribution < -0.4 is 10.6 Å². The molecule has 0 radical (unpaired) electrons. The monoisotopic (exact) mass is 560 g/mol. The number of halogens is 2. The lowest BCUT2D eigenvalue weighted by atomic mass is 10.1. The van der Waals surface area contributed by atoms with Gasteiger partial charge in [-0.15, -0.1) is 24.0 Å². The van der Waals surface area contributed by atoms with E-state index < -0.39 is 5.60 Å². The highest BCUT2D eigenvalue weighted by molar-refractivity contribution is 14.0. The SMILES string of the molecule is CCNC(=NCc1ccc(-n2ccnc2C)c(F)c1)NCC(C)(O)CN1CCOCC1.I. The maximum Gasteiger partial charge on any atom is 0.191 e. The van der Waals surface area contributed by atoms with Crippen molar-refractivity contribution in [3.05, 3.63) is 47.8 Å². The van der Waals surface area contributed by atoms with E-state index in [1.165, 1.54) is 6.07 Å². The number of aliphatic imine (C=N–C) groups is 1. The van der Waals surface area contributed by atoms with Crippen LogP contribution in [0.25, 0.3) is 5.69 Å². The lowest BCUT2D eigenvalue weighted by Gasteiger charge is -2.34. The number of β-amino-alcohol motifs (C(OH)–C–C–N with tert-alkyl or cyclic N) is 1. The van der Waals surface area contributed by atoms with Gasteiger partial charge in [-0.3, -0.25) is 4.90 Å². The second-order valence-electron chi connectivity index (χ2n) is 8.06. The zero-order valence-electron chi connectivity index (χ0n) is 19.0. The van der Waals surface area contributed by atoms with Crippen molar-refractivity contribution in [3.8, 4) is 5.69 Å². The van der Waals surface area contributed by atoms with Crippen molar-refractivity contribution in [1.82, 2.24) is 25.1 Å². The fourth-order valence-corrected chi connectivity index (χ4v) is 3.56. The van der Waals surface area contributed by atoms with Crippen LogP contribution in [0.4, 0.5) is 4.39 Å². The summed E-state index contributed by atoms with van der Waals surface area (Å²) in [4.78, 5) is 10.9. The van der Waals surface area contributed by atoms with Gasteiger partial charge in [0, 0.05) is 45.1 Å². The molecule has 1 unspecified atom stereocenters. The molecule has 32 heavy (non-hydrogen) atoms. The Morgan fingerprint density at radius 1 is 1.31 bits per heavy atom. The van der Waals surface area contributed by atoms with Crippen LogP contribution >= 0.6 is 24.0 Å². The van der Waals surface area contributed by atoms with E-state index in [0.717, 1.165) is 24.5 Å². The maximum atomic E-state index is 14.6. The van der Waals surface area contributed by atoms with Crippen LogP contribution in [-0.4, -0.2) is 77.1 Å². The Labute approximate surface area is 206 Å². The number of guanidine groups is 1.